The van der Waals surface area contributed by atoms with E-state index in [1.807, 2.05) is 13.0 Å². The summed E-state index contributed by atoms with van der Waals surface area (Å²) in [5, 5.41) is 8.69. The zero-order valence-corrected chi connectivity index (χ0v) is 11.8. The molecule has 0 spiro atoms. The Labute approximate surface area is 122 Å². The number of pyridine rings is 1. The zero-order chi connectivity index (χ0) is 15.2. The molecule has 110 valence electrons. The normalized spacial score (nSPS) is 10.3. The van der Waals surface area contributed by atoms with Crippen LogP contribution in [0.2, 0.25) is 0 Å². The maximum atomic E-state index is 11.7. The molecule has 0 unspecified atom stereocenters. The number of carboxylic acids is 1. The molecule has 2 aromatic rings. The monoisotopic (exact) mass is 287 g/mol. The average molecular weight is 287 g/mol. The number of carboxylic acid groups (broad SMARTS) is 1. The van der Waals surface area contributed by atoms with Gasteiger partial charge in [-0.2, -0.15) is 0 Å². The standard InChI is InChI=1S/C16H17NO4/c1-12-3-2-4-15(18)17(12)9-10-21-14-7-5-13(6-8-14)11-16(19)20/h2-8H,9-11H2,1H3,(H,19,20). The first kappa shape index (κ1) is 14.8. The summed E-state index contributed by atoms with van der Waals surface area (Å²) in [4.78, 5) is 22.3. The van der Waals surface area contributed by atoms with E-state index < -0.39 is 5.97 Å². The minimum Gasteiger partial charge on any atom is -0.492 e. The predicted octanol–water partition coefficient (Wildman–Crippen LogP) is 1.86. The van der Waals surface area contributed by atoms with Gasteiger partial charge in [-0.05, 0) is 30.7 Å². The van der Waals surface area contributed by atoms with E-state index >= 15 is 0 Å². The highest BCUT2D eigenvalue weighted by molar-refractivity contribution is 5.70. The number of hydrogen-bond donors (Lipinski definition) is 1. The summed E-state index contributed by atoms with van der Waals surface area (Å²) in [6.45, 7) is 2.73. The second-order valence-corrected chi connectivity index (χ2v) is 4.72. The molecule has 0 bridgehead atoms. The molecule has 1 heterocycles. The second kappa shape index (κ2) is 6.74. The number of rotatable bonds is 6. The number of carbonyl (C=O) groups is 1. The Bertz CT molecular complexity index is 673. The van der Waals surface area contributed by atoms with Crippen molar-refractivity contribution in [2.45, 2.75) is 19.9 Å². The summed E-state index contributed by atoms with van der Waals surface area (Å²) < 4.78 is 7.22. The van der Waals surface area contributed by atoms with Crippen molar-refractivity contribution in [1.82, 2.24) is 4.57 Å². The van der Waals surface area contributed by atoms with E-state index in [1.54, 1.807) is 34.9 Å². The van der Waals surface area contributed by atoms with Crippen molar-refractivity contribution in [2.75, 3.05) is 6.61 Å². The molecule has 5 heteroatoms. The van der Waals surface area contributed by atoms with Crippen LogP contribution in [0.25, 0.3) is 0 Å². The molecule has 21 heavy (non-hydrogen) atoms. The second-order valence-electron chi connectivity index (χ2n) is 4.72. The van der Waals surface area contributed by atoms with Crippen LogP contribution < -0.4 is 10.3 Å². The Morgan fingerprint density at radius 3 is 2.52 bits per heavy atom. The fourth-order valence-electron chi connectivity index (χ4n) is 2.04. The van der Waals surface area contributed by atoms with Crippen molar-refractivity contribution in [2.24, 2.45) is 0 Å². The zero-order valence-electron chi connectivity index (χ0n) is 11.8. The van der Waals surface area contributed by atoms with E-state index in [0.29, 0.717) is 18.9 Å². The lowest BCUT2D eigenvalue weighted by molar-refractivity contribution is -0.136. The number of aromatic nitrogens is 1. The van der Waals surface area contributed by atoms with Gasteiger partial charge in [0.25, 0.3) is 5.56 Å². The maximum Gasteiger partial charge on any atom is 0.307 e. The molecule has 0 saturated carbocycles. The molecule has 0 aliphatic rings. The van der Waals surface area contributed by atoms with Crippen molar-refractivity contribution in [3.05, 3.63) is 64.1 Å². The van der Waals surface area contributed by atoms with E-state index in [9.17, 15) is 9.59 Å². The van der Waals surface area contributed by atoms with E-state index in [1.165, 1.54) is 6.07 Å². The van der Waals surface area contributed by atoms with Crippen molar-refractivity contribution in [3.8, 4) is 5.75 Å². The molecule has 1 aromatic carbocycles. The molecule has 0 amide bonds. The molecule has 2 rings (SSSR count). The van der Waals surface area contributed by atoms with Gasteiger partial charge in [0, 0.05) is 11.8 Å². The fraction of sp³-hybridized carbons (Fsp3) is 0.250. The van der Waals surface area contributed by atoms with Crippen LogP contribution in [0.15, 0.2) is 47.3 Å². The third-order valence-electron chi connectivity index (χ3n) is 3.13. The van der Waals surface area contributed by atoms with Gasteiger partial charge in [-0.25, -0.2) is 0 Å². The molecule has 1 aromatic heterocycles. The van der Waals surface area contributed by atoms with Crippen molar-refractivity contribution in [3.63, 3.8) is 0 Å². The van der Waals surface area contributed by atoms with Crippen molar-refractivity contribution < 1.29 is 14.6 Å². The fourth-order valence-corrected chi connectivity index (χ4v) is 2.04. The molecule has 0 aliphatic carbocycles. The van der Waals surface area contributed by atoms with Gasteiger partial charge in [0.05, 0.1) is 13.0 Å². The van der Waals surface area contributed by atoms with Crippen molar-refractivity contribution in [1.29, 1.82) is 0 Å². The molecular formula is C16H17NO4. The van der Waals surface area contributed by atoms with E-state index in [-0.39, 0.29) is 12.0 Å². The summed E-state index contributed by atoms with van der Waals surface area (Å²) in [7, 11) is 0. The van der Waals surface area contributed by atoms with Gasteiger partial charge in [0.1, 0.15) is 12.4 Å². The number of benzene rings is 1. The minimum absolute atomic E-state index is 0.00111. The van der Waals surface area contributed by atoms with Gasteiger partial charge in [-0.3, -0.25) is 9.59 Å². The summed E-state index contributed by atoms with van der Waals surface area (Å²) in [6.07, 6.45) is -0.00111. The topological polar surface area (TPSA) is 68.5 Å². The highest BCUT2D eigenvalue weighted by Gasteiger charge is 2.02. The Morgan fingerprint density at radius 1 is 1.19 bits per heavy atom. The van der Waals surface area contributed by atoms with E-state index in [2.05, 4.69) is 0 Å². The predicted molar refractivity (Wildman–Crippen MR) is 78.7 cm³/mol. The summed E-state index contributed by atoms with van der Waals surface area (Å²) >= 11 is 0. The van der Waals surface area contributed by atoms with Gasteiger partial charge < -0.3 is 14.4 Å². The number of aliphatic carboxylic acids is 1. The largest absolute Gasteiger partial charge is 0.492 e. The molecule has 0 saturated heterocycles. The quantitative estimate of drug-likeness (QED) is 0.880. The van der Waals surface area contributed by atoms with E-state index in [0.717, 1.165) is 11.3 Å². The van der Waals surface area contributed by atoms with Crippen LogP contribution in [0.4, 0.5) is 0 Å². The smallest absolute Gasteiger partial charge is 0.307 e. The number of nitrogens with zero attached hydrogens (tertiary/aromatic N) is 1. The molecular weight excluding hydrogens is 270 g/mol. The third-order valence-corrected chi connectivity index (χ3v) is 3.13. The first-order valence-corrected chi connectivity index (χ1v) is 6.66. The van der Waals surface area contributed by atoms with Gasteiger partial charge in [0.2, 0.25) is 0 Å². The van der Waals surface area contributed by atoms with Crippen LogP contribution in [0.5, 0.6) is 5.75 Å². The highest BCUT2D eigenvalue weighted by atomic mass is 16.5. The van der Waals surface area contributed by atoms with E-state index in [4.69, 9.17) is 9.84 Å². The molecule has 1 N–H and O–H groups in total. The highest BCUT2D eigenvalue weighted by Crippen LogP contribution is 2.12. The van der Waals surface area contributed by atoms with Gasteiger partial charge in [0.15, 0.2) is 0 Å². The summed E-state index contributed by atoms with van der Waals surface area (Å²) in [6, 6.07) is 12.1. The Morgan fingerprint density at radius 2 is 1.90 bits per heavy atom. The average Bonchev–Trinajstić information content (AvgIpc) is 2.43. The molecule has 5 nitrogen and oxygen atoms in total. The van der Waals surface area contributed by atoms with Crippen LogP contribution in [0.1, 0.15) is 11.3 Å². The van der Waals surface area contributed by atoms with Crippen LogP contribution >= 0.6 is 0 Å². The van der Waals surface area contributed by atoms with Crippen LogP contribution in [-0.4, -0.2) is 22.2 Å². The lowest BCUT2D eigenvalue weighted by Gasteiger charge is -2.11. The van der Waals surface area contributed by atoms with Crippen LogP contribution in [-0.2, 0) is 17.8 Å². The lowest BCUT2D eigenvalue weighted by atomic mass is 10.1. The number of ether oxygens (including phenoxy) is 1. The Kier molecular flexibility index (Phi) is 4.77. The van der Waals surface area contributed by atoms with Gasteiger partial charge in [-0.1, -0.05) is 18.2 Å². The summed E-state index contributed by atoms with van der Waals surface area (Å²) in [5.41, 5.74) is 1.57. The first-order valence-electron chi connectivity index (χ1n) is 6.66. The Balaban J connectivity index is 1.92. The maximum absolute atomic E-state index is 11.7. The minimum atomic E-state index is -0.859. The molecule has 0 aliphatic heterocycles. The molecule has 0 fully saturated rings. The molecule has 0 radical (unpaired) electrons. The first-order chi connectivity index (χ1) is 10.1. The number of aryl methyl sites for hydroxylation is 1. The lowest BCUT2D eigenvalue weighted by Crippen LogP contribution is -2.23. The molecule has 0 atom stereocenters. The Hall–Kier alpha value is -2.56. The van der Waals surface area contributed by atoms with Crippen LogP contribution in [0, 0.1) is 6.92 Å². The summed E-state index contributed by atoms with van der Waals surface area (Å²) in [5.74, 6) is -0.201. The van der Waals surface area contributed by atoms with Gasteiger partial charge in [-0.15, -0.1) is 0 Å². The van der Waals surface area contributed by atoms with Crippen molar-refractivity contribution >= 4 is 5.97 Å². The SMILES string of the molecule is Cc1cccc(=O)n1CCOc1ccc(CC(=O)O)cc1. The number of hydrogen-bond acceptors (Lipinski definition) is 3. The van der Waals surface area contributed by atoms with Crippen LogP contribution in [0.3, 0.4) is 0 Å². The third kappa shape index (κ3) is 4.21. The van der Waals surface area contributed by atoms with Gasteiger partial charge >= 0.3 is 5.97 Å².